The molecule has 3 aromatic rings. The van der Waals surface area contributed by atoms with Crippen LogP contribution in [-0.4, -0.2) is 29.8 Å². The van der Waals surface area contributed by atoms with Gasteiger partial charge in [-0.15, -0.1) is 0 Å². The average molecular weight is 428 g/mol. The summed E-state index contributed by atoms with van der Waals surface area (Å²) in [6.07, 6.45) is 6.21. The van der Waals surface area contributed by atoms with Crippen LogP contribution < -0.4 is 9.47 Å². The zero-order chi connectivity index (χ0) is 22.1. The Morgan fingerprint density at radius 3 is 2.19 bits per heavy atom. The van der Waals surface area contributed by atoms with Crippen molar-refractivity contribution in [3.63, 3.8) is 0 Å². The lowest BCUT2D eigenvalue weighted by molar-refractivity contribution is 0.0823. The number of methoxy groups -OCH3 is 1. The van der Waals surface area contributed by atoms with Gasteiger partial charge in [-0.1, -0.05) is 36.4 Å². The van der Waals surface area contributed by atoms with Crippen molar-refractivity contribution in [2.75, 3.05) is 7.11 Å². The number of aromatic nitrogens is 1. The first-order valence-electron chi connectivity index (χ1n) is 11.1. The van der Waals surface area contributed by atoms with E-state index in [0.717, 1.165) is 31.2 Å². The monoisotopic (exact) mass is 427 g/mol. The van der Waals surface area contributed by atoms with E-state index in [1.54, 1.807) is 37.6 Å². The summed E-state index contributed by atoms with van der Waals surface area (Å²) in [6, 6.07) is 18.3. The fourth-order valence-corrected chi connectivity index (χ4v) is 4.93. The van der Waals surface area contributed by atoms with Crippen LogP contribution in [0.3, 0.4) is 0 Å². The topological polar surface area (TPSA) is 65.5 Å². The van der Waals surface area contributed by atoms with Crippen LogP contribution in [0, 0.1) is 5.92 Å². The molecule has 2 aliphatic carbocycles. The second-order valence-corrected chi connectivity index (χ2v) is 8.42. The SMILES string of the molecule is COc1ccc(C(c2ccccn2)C2C(=O)c3ccccc3C2=O)cc1OC1CCCC1. The second kappa shape index (κ2) is 8.58. The molecule has 0 N–H and O–H groups in total. The first-order chi connectivity index (χ1) is 15.7. The van der Waals surface area contributed by atoms with Crippen LogP contribution in [0.2, 0.25) is 0 Å². The molecule has 2 aliphatic rings. The third-order valence-electron chi connectivity index (χ3n) is 6.51. The van der Waals surface area contributed by atoms with Gasteiger partial charge in [-0.25, -0.2) is 0 Å². The molecule has 1 heterocycles. The summed E-state index contributed by atoms with van der Waals surface area (Å²) in [7, 11) is 1.62. The summed E-state index contributed by atoms with van der Waals surface area (Å²) in [6.45, 7) is 0. The standard InChI is InChI=1S/C27H25NO4/c1-31-22-14-13-17(16-23(22)32-18-8-2-3-9-18)24(21-12-6-7-15-28-21)25-26(29)19-10-4-5-11-20(19)27(25)30/h4-7,10-16,18,24-25H,2-3,8-9H2,1H3. The Hall–Kier alpha value is -3.47. The third-order valence-corrected chi connectivity index (χ3v) is 6.51. The summed E-state index contributed by atoms with van der Waals surface area (Å²) in [5.41, 5.74) is 2.47. The molecule has 162 valence electrons. The lowest BCUT2D eigenvalue weighted by Gasteiger charge is -2.24. The molecule has 1 aromatic heterocycles. The Morgan fingerprint density at radius 2 is 1.56 bits per heavy atom. The van der Waals surface area contributed by atoms with Gasteiger partial charge in [-0.05, 0) is 55.5 Å². The number of benzene rings is 2. The van der Waals surface area contributed by atoms with Crippen molar-refractivity contribution in [1.29, 1.82) is 0 Å². The van der Waals surface area contributed by atoms with Crippen LogP contribution in [0.5, 0.6) is 11.5 Å². The summed E-state index contributed by atoms with van der Waals surface area (Å²) >= 11 is 0. The fourth-order valence-electron chi connectivity index (χ4n) is 4.93. The van der Waals surface area contributed by atoms with Gasteiger partial charge in [0.1, 0.15) is 0 Å². The van der Waals surface area contributed by atoms with Crippen LogP contribution in [0.1, 0.15) is 63.6 Å². The number of ether oxygens (including phenoxy) is 2. The Kier molecular flexibility index (Phi) is 5.48. The molecule has 5 nitrogen and oxygen atoms in total. The lowest BCUT2D eigenvalue weighted by Crippen LogP contribution is -2.25. The quantitative estimate of drug-likeness (QED) is 0.504. The highest BCUT2D eigenvalue weighted by Crippen LogP contribution is 2.43. The van der Waals surface area contributed by atoms with Gasteiger partial charge in [-0.3, -0.25) is 14.6 Å². The van der Waals surface area contributed by atoms with Crippen molar-refractivity contribution < 1.29 is 19.1 Å². The van der Waals surface area contributed by atoms with Crippen molar-refractivity contribution in [1.82, 2.24) is 4.98 Å². The lowest BCUT2D eigenvalue weighted by atomic mass is 9.80. The average Bonchev–Trinajstić information content (AvgIpc) is 3.43. The Bertz CT molecular complexity index is 1120. The first-order valence-corrected chi connectivity index (χ1v) is 11.1. The molecule has 2 aromatic carbocycles. The molecule has 0 radical (unpaired) electrons. The zero-order valence-corrected chi connectivity index (χ0v) is 18.0. The van der Waals surface area contributed by atoms with Gasteiger partial charge in [0.05, 0.1) is 19.1 Å². The number of carbonyl (C=O) groups excluding carboxylic acids is 2. The van der Waals surface area contributed by atoms with Crippen molar-refractivity contribution in [3.8, 4) is 11.5 Å². The van der Waals surface area contributed by atoms with Crippen molar-refractivity contribution in [3.05, 3.63) is 89.2 Å². The highest BCUT2D eigenvalue weighted by Gasteiger charge is 2.45. The fraction of sp³-hybridized carbons (Fsp3) is 0.296. The molecule has 0 amide bonds. The van der Waals surface area contributed by atoms with Crippen LogP contribution in [0.15, 0.2) is 66.9 Å². The maximum absolute atomic E-state index is 13.4. The molecule has 5 heteroatoms. The van der Waals surface area contributed by atoms with Gasteiger partial charge in [0.15, 0.2) is 23.1 Å². The van der Waals surface area contributed by atoms with Gasteiger partial charge >= 0.3 is 0 Å². The predicted octanol–water partition coefficient (Wildman–Crippen LogP) is 5.24. The number of nitrogens with zero attached hydrogens (tertiary/aromatic N) is 1. The summed E-state index contributed by atoms with van der Waals surface area (Å²) in [4.78, 5) is 31.3. The molecule has 1 atom stereocenters. The van der Waals surface area contributed by atoms with E-state index in [1.165, 1.54) is 0 Å². The number of hydrogen-bond acceptors (Lipinski definition) is 5. The smallest absolute Gasteiger partial charge is 0.175 e. The van der Waals surface area contributed by atoms with E-state index in [4.69, 9.17) is 9.47 Å². The van der Waals surface area contributed by atoms with E-state index >= 15 is 0 Å². The molecular weight excluding hydrogens is 402 g/mol. The number of hydrogen-bond donors (Lipinski definition) is 0. The van der Waals surface area contributed by atoms with Crippen molar-refractivity contribution in [2.24, 2.45) is 5.92 Å². The van der Waals surface area contributed by atoms with E-state index in [0.29, 0.717) is 28.3 Å². The molecule has 0 aliphatic heterocycles. The van der Waals surface area contributed by atoms with Crippen molar-refractivity contribution >= 4 is 11.6 Å². The van der Waals surface area contributed by atoms with E-state index in [-0.39, 0.29) is 17.7 Å². The number of Topliss-reactive ketones (excluding diaryl/α,β-unsaturated/α-hetero) is 2. The van der Waals surface area contributed by atoms with Gasteiger partial charge in [0.2, 0.25) is 0 Å². The predicted molar refractivity (Wildman–Crippen MR) is 121 cm³/mol. The van der Waals surface area contributed by atoms with Crippen molar-refractivity contribution in [2.45, 2.75) is 37.7 Å². The van der Waals surface area contributed by atoms with E-state index in [1.807, 2.05) is 36.4 Å². The Morgan fingerprint density at radius 1 is 0.875 bits per heavy atom. The van der Waals surface area contributed by atoms with Gasteiger partial charge in [0.25, 0.3) is 0 Å². The number of pyridine rings is 1. The van der Waals surface area contributed by atoms with Crippen LogP contribution in [-0.2, 0) is 0 Å². The minimum Gasteiger partial charge on any atom is -0.493 e. The van der Waals surface area contributed by atoms with Gasteiger partial charge < -0.3 is 9.47 Å². The Labute approximate surface area is 187 Å². The number of carbonyl (C=O) groups is 2. The molecule has 0 spiro atoms. The zero-order valence-electron chi connectivity index (χ0n) is 18.0. The third kappa shape index (κ3) is 3.58. The summed E-state index contributed by atoms with van der Waals surface area (Å²) in [5.74, 6) is -0.387. The summed E-state index contributed by atoms with van der Waals surface area (Å²) in [5, 5.41) is 0. The van der Waals surface area contributed by atoms with Crippen LogP contribution >= 0.6 is 0 Å². The molecule has 5 rings (SSSR count). The molecule has 1 fully saturated rings. The molecular formula is C27H25NO4. The normalized spacial score (nSPS) is 17.4. The number of rotatable bonds is 6. The van der Waals surface area contributed by atoms with Crippen LogP contribution in [0.25, 0.3) is 0 Å². The number of fused-ring (bicyclic) bond motifs is 1. The largest absolute Gasteiger partial charge is 0.493 e. The van der Waals surface area contributed by atoms with Gasteiger partial charge in [0, 0.05) is 28.9 Å². The number of ketones is 2. The molecule has 1 saturated carbocycles. The molecule has 32 heavy (non-hydrogen) atoms. The summed E-state index contributed by atoms with van der Waals surface area (Å²) < 4.78 is 11.8. The maximum atomic E-state index is 13.4. The minimum atomic E-state index is -0.852. The highest BCUT2D eigenvalue weighted by molar-refractivity contribution is 6.27. The molecule has 0 saturated heterocycles. The van der Waals surface area contributed by atoms with E-state index in [2.05, 4.69) is 4.98 Å². The van der Waals surface area contributed by atoms with Gasteiger partial charge in [-0.2, -0.15) is 0 Å². The first kappa shape index (κ1) is 20.4. The van der Waals surface area contributed by atoms with Crippen LogP contribution in [0.4, 0.5) is 0 Å². The van der Waals surface area contributed by atoms with E-state index in [9.17, 15) is 9.59 Å². The molecule has 1 unspecified atom stereocenters. The Balaban J connectivity index is 1.60. The minimum absolute atomic E-state index is 0.157. The maximum Gasteiger partial charge on any atom is 0.175 e. The molecule has 0 bridgehead atoms. The highest BCUT2D eigenvalue weighted by atomic mass is 16.5. The second-order valence-electron chi connectivity index (χ2n) is 8.42. The van der Waals surface area contributed by atoms with E-state index < -0.39 is 11.8 Å².